The monoisotopic (exact) mass is 1050 g/mol. The predicted molar refractivity (Wildman–Crippen MR) is 270 cm³/mol. The lowest BCUT2D eigenvalue weighted by Gasteiger charge is -2.43. The summed E-state index contributed by atoms with van der Waals surface area (Å²) in [5, 5.41) is 14.6. The van der Waals surface area contributed by atoms with Crippen LogP contribution in [0.4, 0.5) is 25.4 Å². The second-order valence-electron chi connectivity index (χ2n) is 17.0. The Hall–Kier alpha value is -5.29. The van der Waals surface area contributed by atoms with E-state index in [4.69, 9.17) is 34.5 Å². The van der Waals surface area contributed by atoms with Crippen molar-refractivity contribution in [2.24, 2.45) is 21.8 Å². The van der Waals surface area contributed by atoms with Gasteiger partial charge in [-0.3, -0.25) is 34.2 Å². The molecule has 2 fully saturated rings. The topological polar surface area (TPSA) is 245 Å². The summed E-state index contributed by atoms with van der Waals surface area (Å²) in [4.78, 5) is 80.3. The second kappa shape index (κ2) is 30.7. The summed E-state index contributed by atoms with van der Waals surface area (Å²) in [6.07, 6.45) is -2.69. The van der Waals surface area contributed by atoms with E-state index < -0.39 is 79.8 Å². The first-order chi connectivity index (χ1) is 34.7. The summed E-state index contributed by atoms with van der Waals surface area (Å²) in [5.74, 6) is 0.985. The van der Waals surface area contributed by atoms with Crippen molar-refractivity contribution in [3.05, 3.63) is 47.5 Å². The first kappa shape index (κ1) is 59.3. The molecular weight excluding hydrogens is 980 g/mol. The van der Waals surface area contributed by atoms with Crippen LogP contribution < -0.4 is 10.6 Å². The third kappa shape index (κ3) is 19.0. The number of alkyl carbamates (subject to hydrolysis) is 2. The van der Waals surface area contributed by atoms with Crippen molar-refractivity contribution in [2.45, 2.75) is 154 Å². The SMILES string of the molecule is CC(=O)OC1C(CO)OC(C)C(C)C1OC(C)=O.CCCSc1ccc2c(c1)CC(NC(=O)OC)=N2.CCCSc1ccc2c(c1)CC(NC(=O)OCC1OC(C)C(C)C(OC(C)=O)C1OC(C)=O)=N2.[2H]CF. The van der Waals surface area contributed by atoms with Crippen LogP contribution in [-0.2, 0) is 69.9 Å². The van der Waals surface area contributed by atoms with Crippen LogP contribution in [0.3, 0.4) is 0 Å². The molecule has 0 spiro atoms. The number of esters is 4. The molecule has 10 atom stereocenters. The van der Waals surface area contributed by atoms with Gasteiger partial charge in [0.05, 0.1) is 45.8 Å². The Labute approximate surface area is 431 Å². The lowest BCUT2D eigenvalue weighted by molar-refractivity contribution is -0.225. The zero-order valence-electron chi connectivity index (χ0n) is 43.9. The van der Waals surface area contributed by atoms with Gasteiger partial charge >= 0.3 is 36.1 Å². The zero-order valence-corrected chi connectivity index (χ0v) is 44.5. The molecule has 3 N–H and O–H groups in total. The number of rotatable bonds is 13. The van der Waals surface area contributed by atoms with E-state index in [9.17, 15) is 38.3 Å². The first-order valence-electron chi connectivity index (χ1n) is 24.3. The predicted octanol–water partition coefficient (Wildman–Crippen LogP) is 7.77. The van der Waals surface area contributed by atoms with Crippen molar-refractivity contribution < 1.29 is 77.5 Å². The third-order valence-corrected chi connectivity index (χ3v) is 13.8. The molecule has 4 heterocycles. The minimum absolute atomic E-state index is 0.124. The average Bonchev–Trinajstić information content (AvgIpc) is 3.93. The third-order valence-electron chi connectivity index (χ3n) is 11.4. The number of thioether (sulfide) groups is 2. The molecule has 4 aliphatic rings. The maximum absolute atomic E-state index is 12.5. The quantitative estimate of drug-likeness (QED) is 0.0985. The van der Waals surface area contributed by atoms with E-state index in [1.165, 1.54) is 44.6 Å². The molecule has 2 amide bonds. The number of hydrogen-bond donors (Lipinski definition) is 3. The number of carbonyl (C=O) groups excluding carboxylic acids is 6. The van der Waals surface area contributed by atoms with E-state index in [1.54, 1.807) is 11.8 Å². The molecule has 19 nitrogen and oxygen atoms in total. The normalized spacial score (nSPS) is 24.6. The Balaban J connectivity index is 0.000000305. The standard InChI is InChI=1S/C24H32N2O7S.C13H16N2O2S.C12H20O6.CH3F/c1-6-9-34-18-7-8-19-17(10-18)11-21(25-19)26-24(29)30-12-20-23(33-16(5)28)22(32-15(4)27)13(2)14(3)31-20;1-3-6-18-10-4-5-11-9(7-10)8-12(14-11)15-13(16)17-2;1-6-7(2)16-10(5-13)12(18-9(4)15)11(6)17-8(3)14;1-2/h7-8,10,13-14,20,22-23H,6,9,11-12H2,1-5H3,(H,25,26,29);4-5,7H,3,6,8H2,1-2H3,(H,14,15,16);6-7,10-13H,5H2,1-4H3;1H3/i;;;1D. The van der Waals surface area contributed by atoms with E-state index in [-0.39, 0.29) is 37.3 Å². The van der Waals surface area contributed by atoms with Crippen molar-refractivity contribution >= 4 is 82.6 Å². The summed E-state index contributed by atoms with van der Waals surface area (Å²) in [5.41, 5.74) is 3.97. The highest BCUT2D eigenvalue weighted by Gasteiger charge is 2.48. The van der Waals surface area contributed by atoms with Crippen LogP contribution in [0.5, 0.6) is 0 Å². The maximum Gasteiger partial charge on any atom is 0.412 e. The van der Waals surface area contributed by atoms with Gasteiger partial charge in [-0.1, -0.05) is 27.7 Å². The fourth-order valence-electron chi connectivity index (χ4n) is 7.79. The van der Waals surface area contributed by atoms with Gasteiger partial charge in [-0.05, 0) is 85.7 Å². The minimum atomic E-state index is -1.00. The van der Waals surface area contributed by atoms with Crippen LogP contribution in [0.1, 0.15) is 94.6 Å². The van der Waals surface area contributed by atoms with Gasteiger partial charge in [0, 0.05) is 62.2 Å². The number of aliphatic imine (C=N–C) groups is 2. The number of halogens is 1. The molecule has 0 radical (unpaired) electrons. The minimum Gasteiger partial charge on any atom is -0.458 e. The number of aliphatic hydroxyl groups is 1. The van der Waals surface area contributed by atoms with E-state index >= 15 is 0 Å². The van der Waals surface area contributed by atoms with Crippen LogP contribution in [0.2, 0.25) is 0 Å². The number of nitrogens with one attached hydrogen (secondary N) is 2. The number of ether oxygens (including phenoxy) is 8. The molecule has 400 valence electrons. The van der Waals surface area contributed by atoms with E-state index in [2.05, 4.69) is 57.4 Å². The van der Waals surface area contributed by atoms with Gasteiger partial charge in [-0.2, -0.15) is 0 Å². The number of nitrogens with zero attached hydrogens (tertiary/aromatic N) is 2. The van der Waals surface area contributed by atoms with Crippen molar-refractivity contribution in [2.75, 3.05) is 39.0 Å². The molecule has 72 heavy (non-hydrogen) atoms. The maximum atomic E-state index is 12.5. The van der Waals surface area contributed by atoms with E-state index in [0.717, 1.165) is 46.8 Å². The molecule has 2 aromatic carbocycles. The number of methoxy groups -OCH3 is 1. The Morgan fingerprint density at radius 3 is 1.46 bits per heavy atom. The number of benzene rings is 2. The van der Waals surface area contributed by atoms with Crippen LogP contribution in [0, 0.1) is 11.8 Å². The molecule has 0 aromatic heterocycles. The van der Waals surface area contributed by atoms with Gasteiger partial charge in [0.1, 0.15) is 42.7 Å². The second-order valence-corrected chi connectivity index (χ2v) is 19.4. The van der Waals surface area contributed by atoms with Gasteiger partial charge in [0.25, 0.3) is 0 Å². The molecule has 2 saturated heterocycles. The molecule has 4 aliphatic heterocycles. The first-order valence-corrected chi connectivity index (χ1v) is 25.6. The average molecular weight is 1050 g/mol. The van der Waals surface area contributed by atoms with E-state index in [1.807, 2.05) is 57.7 Å². The molecule has 10 unspecified atom stereocenters. The Morgan fingerprint density at radius 2 is 1.07 bits per heavy atom. The molecule has 0 aliphatic carbocycles. The molecule has 6 rings (SSSR count). The molecule has 0 saturated carbocycles. The largest absolute Gasteiger partial charge is 0.458 e. The number of carbonyl (C=O) groups is 6. The Morgan fingerprint density at radius 1 is 0.681 bits per heavy atom. The van der Waals surface area contributed by atoms with Gasteiger partial charge < -0.3 is 43.0 Å². The number of alkyl halides is 1. The number of fused-ring (bicyclic) bond motifs is 2. The molecular formula is C50H71FN4O15S2. The zero-order chi connectivity index (χ0) is 54.4. The van der Waals surface area contributed by atoms with Crippen molar-refractivity contribution in [3.8, 4) is 0 Å². The molecule has 0 bridgehead atoms. The van der Waals surface area contributed by atoms with Gasteiger partial charge in [0.15, 0.2) is 12.2 Å². The highest BCUT2D eigenvalue weighted by atomic mass is 32.2. The number of amidine groups is 2. The summed E-state index contributed by atoms with van der Waals surface area (Å²) < 4.78 is 58.1. The summed E-state index contributed by atoms with van der Waals surface area (Å²) in [6.45, 7) is 16.3. The number of amides is 2. The van der Waals surface area contributed by atoms with Gasteiger partial charge in [-0.15, -0.1) is 23.5 Å². The molecule has 2 aromatic rings. The smallest absolute Gasteiger partial charge is 0.412 e. The van der Waals surface area contributed by atoms with Crippen LogP contribution >= 0.6 is 23.5 Å². The number of hydrogen-bond acceptors (Lipinski definition) is 19. The van der Waals surface area contributed by atoms with Crippen LogP contribution in [0.25, 0.3) is 0 Å². The van der Waals surface area contributed by atoms with E-state index in [0.29, 0.717) is 24.5 Å². The Kier molecular flexibility index (Phi) is 25.3. The highest BCUT2D eigenvalue weighted by Crippen LogP contribution is 2.34. The Bertz CT molecular complexity index is 2230. The van der Waals surface area contributed by atoms with Crippen LogP contribution in [-0.4, -0.2) is 141 Å². The fourth-order valence-corrected chi connectivity index (χ4v) is 9.45. The summed E-state index contributed by atoms with van der Waals surface area (Å²) >= 11 is 3.63. The summed E-state index contributed by atoms with van der Waals surface area (Å²) in [7, 11) is 0.345. The lowest BCUT2D eigenvalue weighted by Crippen LogP contribution is -2.57. The van der Waals surface area contributed by atoms with Crippen molar-refractivity contribution in [1.29, 1.82) is 0 Å². The van der Waals surface area contributed by atoms with Crippen LogP contribution in [0.15, 0.2) is 56.2 Å². The lowest BCUT2D eigenvalue weighted by atomic mass is 9.88. The molecule has 22 heteroatoms. The fraction of sp³-hybridized carbons (Fsp3) is 0.600. The van der Waals surface area contributed by atoms with Crippen molar-refractivity contribution in [1.82, 2.24) is 10.6 Å². The van der Waals surface area contributed by atoms with Crippen molar-refractivity contribution in [3.63, 3.8) is 0 Å². The number of aliphatic hydroxyl groups excluding tert-OH is 1. The van der Waals surface area contributed by atoms with Gasteiger partial charge in [0.2, 0.25) is 0 Å². The van der Waals surface area contributed by atoms with Gasteiger partial charge in [-0.25, -0.2) is 19.6 Å². The highest BCUT2D eigenvalue weighted by molar-refractivity contribution is 7.99. The summed E-state index contributed by atoms with van der Waals surface area (Å²) in [6, 6.07) is 12.3.